The van der Waals surface area contributed by atoms with Crippen molar-refractivity contribution in [1.29, 1.82) is 0 Å². The highest BCUT2D eigenvalue weighted by molar-refractivity contribution is 5.85. The number of aliphatic hydroxyl groups excluding tert-OH is 1. The number of hydrogen-bond donors (Lipinski definition) is 3. The van der Waals surface area contributed by atoms with E-state index >= 15 is 0 Å². The SMILES string of the molecule is Cl.N[C@H](c1c(O)cc(F)cc1F)C(F)(F)CO. The topological polar surface area (TPSA) is 66.5 Å². The molecule has 1 atom stereocenters. The van der Waals surface area contributed by atoms with Crippen LogP contribution < -0.4 is 5.73 Å². The minimum atomic E-state index is -3.81. The van der Waals surface area contributed by atoms with Crippen molar-refractivity contribution in [3.63, 3.8) is 0 Å². The number of halogens is 5. The summed E-state index contributed by atoms with van der Waals surface area (Å²) in [7, 11) is 0. The third-order valence-electron chi connectivity index (χ3n) is 2.05. The minimum absolute atomic E-state index is 0. The van der Waals surface area contributed by atoms with E-state index in [2.05, 4.69) is 0 Å². The second kappa shape index (κ2) is 5.52. The van der Waals surface area contributed by atoms with Crippen molar-refractivity contribution in [3.8, 4) is 5.75 Å². The van der Waals surface area contributed by atoms with E-state index in [1.54, 1.807) is 0 Å². The van der Waals surface area contributed by atoms with E-state index in [0.717, 1.165) is 0 Å². The molecule has 1 aromatic rings. The minimum Gasteiger partial charge on any atom is -0.507 e. The molecule has 0 fully saturated rings. The highest BCUT2D eigenvalue weighted by atomic mass is 35.5. The van der Waals surface area contributed by atoms with Gasteiger partial charge in [-0.05, 0) is 0 Å². The number of hydrogen-bond acceptors (Lipinski definition) is 3. The summed E-state index contributed by atoms with van der Waals surface area (Å²) in [4.78, 5) is 0. The fourth-order valence-corrected chi connectivity index (χ4v) is 1.19. The fourth-order valence-electron chi connectivity index (χ4n) is 1.19. The predicted molar refractivity (Wildman–Crippen MR) is 54.2 cm³/mol. The first-order valence-electron chi connectivity index (χ1n) is 4.21. The van der Waals surface area contributed by atoms with Gasteiger partial charge in [0.05, 0.1) is 5.56 Å². The first-order valence-corrected chi connectivity index (χ1v) is 4.21. The normalized spacial score (nSPS) is 13.1. The van der Waals surface area contributed by atoms with Gasteiger partial charge >= 0.3 is 0 Å². The van der Waals surface area contributed by atoms with Gasteiger partial charge in [-0.25, -0.2) is 17.6 Å². The van der Waals surface area contributed by atoms with E-state index < -0.39 is 41.5 Å². The molecule has 0 saturated carbocycles. The third-order valence-corrected chi connectivity index (χ3v) is 2.05. The van der Waals surface area contributed by atoms with Crippen LogP contribution in [0.2, 0.25) is 0 Å². The molecule has 0 aliphatic heterocycles. The summed E-state index contributed by atoms with van der Waals surface area (Å²) < 4.78 is 51.6. The van der Waals surface area contributed by atoms with Crippen LogP contribution in [0.1, 0.15) is 11.6 Å². The Morgan fingerprint density at radius 2 is 1.82 bits per heavy atom. The van der Waals surface area contributed by atoms with Gasteiger partial charge in [0.15, 0.2) is 0 Å². The molecule has 3 nitrogen and oxygen atoms in total. The van der Waals surface area contributed by atoms with Crippen LogP contribution in [0.15, 0.2) is 12.1 Å². The Kier molecular flexibility index (Phi) is 5.18. The highest BCUT2D eigenvalue weighted by Crippen LogP contribution is 2.35. The number of alkyl halides is 2. The number of phenols is 1. The summed E-state index contributed by atoms with van der Waals surface area (Å²) in [5, 5.41) is 17.5. The van der Waals surface area contributed by atoms with Crippen molar-refractivity contribution in [2.75, 3.05) is 6.61 Å². The average Bonchev–Trinajstić information content (AvgIpc) is 2.15. The summed E-state index contributed by atoms with van der Waals surface area (Å²) in [5.41, 5.74) is 4.07. The van der Waals surface area contributed by atoms with Crippen LogP contribution in [0.4, 0.5) is 17.6 Å². The number of aromatic hydroxyl groups is 1. The molecule has 0 spiro atoms. The van der Waals surface area contributed by atoms with Gasteiger partial charge in [0, 0.05) is 12.1 Å². The zero-order chi connectivity index (χ0) is 12.5. The number of rotatable bonds is 3. The van der Waals surface area contributed by atoms with Crippen molar-refractivity contribution < 1.29 is 27.8 Å². The van der Waals surface area contributed by atoms with Crippen molar-refractivity contribution in [3.05, 3.63) is 29.3 Å². The lowest BCUT2D eigenvalue weighted by Crippen LogP contribution is -2.36. The lowest BCUT2D eigenvalue weighted by Gasteiger charge is -2.22. The maximum absolute atomic E-state index is 13.1. The Morgan fingerprint density at radius 1 is 1.29 bits per heavy atom. The predicted octanol–water partition coefficient (Wildman–Crippen LogP) is 1.72. The molecule has 0 bridgehead atoms. The number of nitrogens with two attached hydrogens (primary N) is 1. The van der Waals surface area contributed by atoms with Crippen LogP contribution in [0, 0.1) is 11.6 Å². The number of aliphatic hydroxyl groups is 1. The first-order chi connectivity index (χ1) is 7.29. The van der Waals surface area contributed by atoms with Crippen LogP contribution in [0.25, 0.3) is 0 Å². The summed E-state index contributed by atoms with van der Waals surface area (Å²) >= 11 is 0. The second-order valence-electron chi connectivity index (χ2n) is 3.22. The molecule has 0 saturated heterocycles. The van der Waals surface area contributed by atoms with E-state index in [0.29, 0.717) is 12.1 Å². The Balaban J connectivity index is 0.00000256. The van der Waals surface area contributed by atoms with Crippen molar-refractivity contribution >= 4 is 12.4 Å². The van der Waals surface area contributed by atoms with E-state index in [4.69, 9.17) is 15.9 Å². The van der Waals surface area contributed by atoms with Crippen molar-refractivity contribution in [2.24, 2.45) is 5.73 Å². The lowest BCUT2D eigenvalue weighted by molar-refractivity contribution is -0.0723. The van der Waals surface area contributed by atoms with Crippen LogP contribution in [-0.2, 0) is 0 Å². The molecule has 8 heteroatoms. The molecular weight excluding hydrogens is 266 g/mol. The zero-order valence-corrected chi connectivity index (χ0v) is 9.15. The fraction of sp³-hybridized carbons (Fsp3) is 0.333. The standard InChI is InChI=1S/C9H9F4NO2.ClH/c10-4-1-5(11)7(6(16)2-4)8(14)9(12,13)3-15;/h1-2,8,15-16H,3,14H2;1H/t8-;/m1./s1. The molecule has 0 amide bonds. The van der Waals surface area contributed by atoms with Gasteiger partial charge in [-0.2, -0.15) is 0 Å². The molecule has 0 unspecified atom stereocenters. The summed E-state index contributed by atoms with van der Waals surface area (Å²) in [6.07, 6.45) is 0. The van der Waals surface area contributed by atoms with Gasteiger partial charge in [-0.3, -0.25) is 0 Å². The van der Waals surface area contributed by atoms with Crippen molar-refractivity contribution in [1.82, 2.24) is 0 Å². The number of benzene rings is 1. The Morgan fingerprint density at radius 3 is 2.24 bits per heavy atom. The zero-order valence-electron chi connectivity index (χ0n) is 8.33. The highest BCUT2D eigenvalue weighted by Gasteiger charge is 2.40. The van der Waals surface area contributed by atoms with E-state index in [9.17, 15) is 17.6 Å². The monoisotopic (exact) mass is 275 g/mol. The van der Waals surface area contributed by atoms with Gasteiger partial charge in [0.1, 0.15) is 30.0 Å². The molecule has 0 aliphatic carbocycles. The van der Waals surface area contributed by atoms with Gasteiger partial charge in [0.2, 0.25) is 0 Å². The Hall–Kier alpha value is -1.05. The molecule has 17 heavy (non-hydrogen) atoms. The van der Waals surface area contributed by atoms with E-state index in [1.807, 2.05) is 0 Å². The summed E-state index contributed by atoms with van der Waals surface area (Å²) in [5.74, 6) is -7.33. The number of phenolic OH excluding ortho intramolecular Hbond substituents is 1. The molecule has 1 rings (SSSR count). The van der Waals surface area contributed by atoms with Gasteiger partial charge in [-0.15, -0.1) is 12.4 Å². The van der Waals surface area contributed by atoms with Gasteiger partial charge in [-0.1, -0.05) is 0 Å². The smallest absolute Gasteiger partial charge is 0.289 e. The summed E-state index contributed by atoms with van der Waals surface area (Å²) in [6.45, 7) is -1.61. The largest absolute Gasteiger partial charge is 0.507 e. The Labute approximate surface area is 100 Å². The molecule has 0 heterocycles. The molecular formula is C9H10ClF4NO2. The van der Waals surface area contributed by atoms with E-state index in [1.165, 1.54) is 0 Å². The first kappa shape index (κ1) is 16.0. The molecule has 0 radical (unpaired) electrons. The molecule has 0 aliphatic rings. The van der Waals surface area contributed by atoms with Crippen LogP contribution in [0.3, 0.4) is 0 Å². The quantitative estimate of drug-likeness (QED) is 0.736. The second-order valence-corrected chi connectivity index (χ2v) is 3.22. The lowest BCUT2D eigenvalue weighted by atomic mass is 10.00. The molecule has 98 valence electrons. The average molecular weight is 276 g/mol. The van der Waals surface area contributed by atoms with Crippen molar-refractivity contribution in [2.45, 2.75) is 12.0 Å². The molecule has 4 N–H and O–H groups in total. The van der Waals surface area contributed by atoms with Crippen LogP contribution in [-0.4, -0.2) is 22.7 Å². The maximum Gasteiger partial charge on any atom is 0.289 e. The van der Waals surface area contributed by atoms with Gasteiger partial charge < -0.3 is 15.9 Å². The third kappa shape index (κ3) is 3.21. The Bertz CT molecular complexity index is 380. The van der Waals surface area contributed by atoms with Crippen LogP contribution >= 0.6 is 12.4 Å². The molecule has 0 aromatic heterocycles. The summed E-state index contributed by atoms with van der Waals surface area (Å²) in [6, 6.07) is -1.47. The molecule has 1 aromatic carbocycles. The van der Waals surface area contributed by atoms with Crippen LogP contribution in [0.5, 0.6) is 5.75 Å². The maximum atomic E-state index is 13.1. The van der Waals surface area contributed by atoms with Gasteiger partial charge in [0.25, 0.3) is 5.92 Å². The van der Waals surface area contributed by atoms with E-state index in [-0.39, 0.29) is 12.4 Å².